The summed E-state index contributed by atoms with van der Waals surface area (Å²) in [5, 5.41) is 8.31. The maximum atomic E-state index is 10.1. The van der Waals surface area contributed by atoms with Gasteiger partial charge in [0, 0.05) is 4.91 Å². The standard InChI is InChI=1S/C4H2BNO2S/c5-4-6-1-2(9-4)3(7)8/h1H,(H,7,8). The number of thiazole rings is 1. The van der Waals surface area contributed by atoms with Gasteiger partial charge in [-0.05, 0) is 0 Å². The molecule has 1 rings (SSSR count). The van der Waals surface area contributed by atoms with E-state index in [2.05, 4.69) is 4.98 Å². The topological polar surface area (TPSA) is 50.2 Å². The minimum absolute atomic E-state index is 0.174. The van der Waals surface area contributed by atoms with E-state index in [1.54, 1.807) is 0 Å². The van der Waals surface area contributed by atoms with Crippen molar-refractivity contribution in [3.8, 4) is 0 Å². The summed E-state index contributed by atoms with van der Waals surface area (Å²) in [6, 6.07) is 0. The molecule has 1 aromatic rings. The molecule has 0 bridgehead atoms. The Kier molecular flexibility index (Phi) is 1.53. The van der Waals surface area contributed by atoms with Crippen molar-refractivity contribution >= 4 is 30.1 Å². The van der Waals surface area contributed by atoms with E-state index in [0.29, 0.717) is 0 Å². The lowest BCUT2D eigenvalue weighted by molar-refractivity contribution is 0.0702. The van der Waals surface area contributed by atoms with Gasteiger partial charge in [0.15, 0.2) is 7.85 Å². The minimum Gasteiger partial charge on any atom is -0.477 e. The van der Waals surface area contributed by atoms with Crippen LogP contribution in [0.15, 0.2) is 6.20 Å². The van der Waals surface area contributed by atoms with Crippen molar-refractivity contribution in [3.63, 3.8) is 0 Å². The van der Waals surface area contributed by atoms with Crippen LogP contribution in [0.3, 0.4) is 0 Å². The van der Waals surface area contributed by atoms with E-state index in [9.17, 15) is 4.79 Å². The first-order valence-electron chi connectivity index (χ1n) is 2.15. The molecule has 0 aromatic carbocycles. The Bertz CT molecular complexity index is 234. The van der Waals surface area contributed by atoms with Gasteiger partial charge >= 0.3 is 5.97 Å². The molecule has 0 aliphatic rings. The Morgan fingerprint density at radius 2 is 2.56 bits per heavy atom. The van der Waals surface area contributed by atoms with Crippen LogP contribution in [0.5, 0.6) is 0 Å². The Balaban J connectivity index is 2.98. The highest BCUT2D eigenvalue weighted by Crippen LogP contribution is 2.00. The fourth-order valence-corrected chi connectivity index (χ4v) is 0.910. The highest BCUT2D eigenvalue weighted by atomic mass is 32.1. The van der Waals surface area contributed by atoms with Gasteiger partial charge in [0.25, 0.3) is 0 Å². The second kappa shape index (κ2) is 2.18. The van der Waals surface area contributed by atoms with Crippen molar-refractivity contribution in [2.45, 2.75) is 0 Å². The second-order valence-corrected chi connectivity index (χ2v) is 2.43. The summed E-state index contributed by atoms with van der Waals surface area (Å²) < 4.78 is 0. The molecule has 0 atom stereocenters. The third kappa shape index (κ3) is 1.29. The molecule has 1 N–H and O–H groups in total. The van der Waals surface area contributed by atoms with E-state index >= 15 is 0 Å². The molecule has 1 heterocycles. The normalized spacial score (nSPS) is 9.33. The van der Waals surface area contributed by atoms with Gasteiger partial charge in [-0.3, -0.25) is 4.98 Å². The van der Waals surface area contributed by atoms with Crippen molar-refractivity contribution in [1.82, 2.24) is 4.98 Å². The van der Waals surface area contributed by atoms with Crippen LogP contribution in [0, 0.1) is 0 Å². The molecule has 1 aromatic heterocycles. The monoisotopic (exact) mass is 139 g/mol. The number of hydrogen-bond acceptors (Lipinski definition) is 3. The quantitative estimate of drug-likeness (QED) is 0.540. The van der Waals surface area contributed by atoms with E-state index in [1.165, 1.54) is 6.20 Å². The van der Waals surface area contributed by atoms with Crippen LogP contribution in [0.4, 0.5) is 0 Å². The van der Waals surface area contributed by atoms with Crippen molar-refractivity contribution in [2.24, 2.45) is 0 Å². The fraction of sp³-hybridized carbons (Fsp3) is 0. The second-order valence-electron chi connectivity index (χ2n) is 1.37. The maximum absolute atomic E-state index is 10.1. The van der Waals surface area contributed by atoms with Gasteiger partial charge in [0.05, 0.1) is 6.20 Å². The SMILES string of the molecule is [B]c1ncc(C(=O)O)s1. The first-order valence-corrected chi connectivity index (χ1v) is 2.96. The van der Waals surface area contributed by atoms with Gasteiger partial charge in [-0.2, -0.15) is 0 Å². The predicted octanol–water partition coefficient (Wildman–Crippen LogP) is -0.365. The summed E-state index contributed by atoms with van der Waals surface area (Å²) in [5.41, 5.74) is 0. The molecule has 44 valence electrons. The van der Waals surface area contributed by atoms with Crippen molar-refractivity contribution < 1.29 is 9.90 Å². The van der Waals surface area contributed by atoms with Crippen LogP contribution in [-0.4, -0.2) is 23.9 Å². The van der Waals surface area contributed by atoms with Gasteiger partial charge in [-0.25, -0.2) is 4.79 Å². The molecule has 0 unspecified atom stereocenters. The van der Waals surface area contributed by atoms with E-state index in [4.69, 9.17) is 13.0 Å². The average Bonchev–Trinajstić information content (AvgIpc) is 2.14. The van der Waals surface area contributed by atoms with Gasteiger partial charge in [-0.1, -0.05) is 0 Å². The van der Waals surface area contributed by atoms with Crippen LogP contribution >= 0.6 is 11.3 Å². The largest absolute Gasteiger partial charge is 0.477 e. The lowest BCUT2D eigenvalue weighted by Crippen LogP contribution is -1.96. The summed E-state index contributed by atoms with van der Waals surface area (Å²) in [6.07, 6.45) is 1.24. The molecule has 3 nitrogen and oxygen atoms in total. The van der Waals surface area contributed by atoms with Crippen LogP contribution in [0.1, 0.15) is 9.67 Å². The van der Waals surface area contributed by atoms with E-state index in [1.807, 2.05) is 0 Å². The van der Waals surface area contributed by atoms with Crippen molar-refractivity contribution in [1.29, 1.82) is 0 Å². The Morgan fingerprint density at radius 1 is 1.89 bits per heavy atom. The molecule has 0 spiro atoms. The highest BCUT2D eigenvalue weighted by molar-refractivity contribution is 7.21. The predicted molar refractivity (Wildman–Crippen MR) is 34.5 cm³/mol. The maximum Gasteiger partial charge on any atom is 0.347 e. The summed E-state index contributed by atoms with van der Waals surface area (Å²) in [7, 11) is 5.16. The highest BCUT2D eigenvalue weighted by Gasteiger charge is 2.03. The average molecular weight is 139 g/mol. The smallest absolute Gasteiger partial charge is 0.347 e. The number of rotatable bonds is 1. The van der Waals surface area contributed by atoms with Gasteiger partial charge in [0.1, 0.15) is 4.88 Å². The number of hydrogen-bond donors (Lipinski definition) is 1. The molecule has 0 fully saturated rings. The van der Waals surface area contributed by atoms with Crippen LogP contribution in [-0.2, 0) is 0 Å². The van der Waals surface area contributed by atoms with Crippen molar-refractivity contribution in [2.75, 3.05) is 0 Å². The van der Waals surface area contributed by atoms with Gasteiger partial charge in [0.2, 0.25) is 0 Å². The summed E-state index contributed by atoms with van der Waals surface area (Å²) in [4.78, 5) is 14.1. The molecule has 0 saturated carbocycles. The number of carbonyl (C=O) groups is 1. The zero-order chi connectivity index (χ0) is 6.85. The number of carboxylic acids is 1. The number of aromatic nitrogens is 1. The van der Waals surface area contributed by atoms with Crippen LogP contribution in [0.2, 0.25) is 0 Å². The van der Waals surface area contributed by atoms with Gasteiger partial charge < -0.3 is 5.11 Å². The number of nitrogens with zero attached hydrogens (tertiary/aromatic N) is 1. The third-order valence-electron chi connectivity index (χ3n) is 0.734. The zero-order valence-corrected chi connectivity index (χ0v) is 5.18. The fourth-order valence-electron chi connectivity index (χ4n) is 0.386. The molecule has 2 radical (unpaired) electrons. The summed E-state index contributed by atoms with van der Waals surface area (Å²) in [6.45, 7) is 0. The Labute approximate surface area is 56.8 Å². The lowest BCUT2D eigenvalue weighted by atomic mass is 10.2. The Hall–Kier alpha value is -0.835. The first-order chi connectivity index (χ1) is 4.20. The molecular weight excluding hydrogens is 137 g/mol. The lowest BCUT2D eigenvalue weighted by Gasteiger charge is -1.78. The molecule has 9 heavy (non-hydrogen) atoms. The summed E-state index contributed by atoms with van der Waals surface area (Å²) in [5.74, 6) is -0.982. The molecule has 0 saturated heterocycles. The van der Waals surface area contributed by atoms with Gasteiger partial charge in [-0.15, -0.1) is 11.3 Å². The van der Waals surface area contributed by atoms with Crippen molar-refractivity contribution in [3.05, 3.63) is 11.1 Å². The van der Waals surface area contributed by atoms with Crippen LogP contribution in [0.25, 0.3) is 0 Å². The molecule has 5 heteroatoms. The van der Waals surface area contributed by atoms with E-state index in [0.717, 1.165) is 11.3 Å². The van der Waals surface area contributed by atoms with E-state index < -0.39 is 5.97 Å². The Morgan fingerprint density at radius 3 is 2.78 bits per heavy atom. The summed E-state index contributed by atoms with van der Waals surface area (Å²) >= 11 is 0.963. The molecule has 0 aliphatic heterocycles. The first kappa shape index (κ1) is 6.29. The van der Waals surface area contributed by atoms with E-state index in [-0.39, 0.29) is 9.78 Å². The number of aromatic carboxylic acids is 1. The number of carboxylic acid groups (broad SMARTS) is 1. The molecule has 0 aliphatic carbocycles. The minimum atomic E-state index is -0.982. The zero-order valence-electron chi connectivity index (χ0n) is 4.37. The molecular formula is C4H2BNO2S. The third-order valence-corrected chi connectivity index (χ3v) is 1.55. The molecule has 0 amide bonds. The van der Waals surface area contributed by atoms with Crippen LogP contribution < -0.4 is 4.91 Å².